The van der Waals surface area contributed by atoms with Gasteiger partial charge in [-0.1, -0.05) is 0 Å². The van der Waals surface area contributed by atoms with Gasteiger partial charge in [0.05, 0.1) is 8.95 Å². The number of aryl methyl sites for hydroxylation is 1. The smallest absolute Gasteiger partial charge is 0.164 e. The Morgan fingerprint density at radius 2 is 2.00 bits per heavy atom. The Morgan fingerprint density at radius 1 is 1.33 bits per heavy atom. The molecule has 2 rings (SSSR count). The lowest BCUT2D eigenvalue weighted by molar-refractivity contribution is 0.286. The summed E-state index contributed by atoms with van der Waals surface area (Å²) in [5, 5.41) is 3.99. The highest BCUT2D eigenvalue weighted by atomic mass is 79.9. The van der Waals surface area contributed by atoms with E-state index >= 15 is 0 Å². The third kappa shape index (κ3) is 3.05. The van der Waals surface area contributed by atoms with Gasteiger partial charge in [-0.05, 0) is 49.6 Å². The minimum Gasteiger partial charge on any atom is -0.483 e. The van der Waals surface area contributed by atoms with E-state index in [1.807, 2.05) is 19.2 Å². The molecule has 0 N–H and O–H groups in total. The number of benzene rings is 1. The van der Waals surface area contributed by atoms with Crippen molar-refractivity contribution in [3.63, 3.8) is 0 Å². The third-order valence-electron chi connectivity index (χ3n) is 2.36. The molecule has 0 unspecified atom stereocenters. The molecule has 1 heterocycles. The fraction of sp³-hybridized carbons (Fsp3) is 0.273. The maximum Gasteiger partial charge on any atom is 0.164 e. The van der Waals surface area contributed by atoms with Crippen molar-refractivity contribution >= 4 is 43.5 Å². The van der Waals surface area contributed by atoms with Crippen LogP contribution in [0.2, 0.25) is 0 Å². The predicted octanol–water partition coefficient (Wildman–Crippen LogP) is 3.66. The van der Waals surface area contributed by atoms with E-state index in [9.17, 15) is 0 Å². The van der Waals surface area contributed by atoms with E-state index in [1.165, 1.54) is 6.33 Å². The molecule has 0 fully saturated rings. The quantitative estimate of drug-likeness (QED) is 0.742. The van der Waals surface area contributed by atoms with Crippen LogP contribution in [0, 0.1) is 0 Å². The minimum atomic E-state index is 0.355. The van der Waals surface area contributed by atoms with E-state index in [0.717, 1.165) is 26.1 Å². The molecule has 0 aliphatic carbocycles. The van der Waals surface area contributed by atoms with E-state index in [0.29, 0.717) is 12.5 Å². The number of halogens is 3. The van der Waals surface area contributed by atoms with E-state index in [2.05, 4.69) is 41.9 Å². The Hall–Kier alpha value is -0.590. The summed E-state index contributed by atoms with van der Waals surface area (Å²) in [5.41, 5.74) is 1.02. The maximum absolute atomic E-state index is 5.80. The van der Waals surface area contributed by atoms with Gasteiger partial charge < -0.3 is 4.74 Å². The number of alkyl halides is 1. The fourth-order valence-corrected chi connectivity index (χ4v) is 3.08. The van der Waals surface area contributed by atoms with Gasteiger partial charge in [0, 0.05) is 12.9 Å². The molecule has 0 atom stereocenters. The number of hydrogen-bond acceptors (Lipinski definition) is 3. The molecule has 0 bridgehead atoms. The highest BCUT2D eigenvalue weighted by molar-refractivity contribution is 9.11. The molecule has 0 saturated heterocycles. The molecule has 0 saturated carbocycles. The molecule has 0 spiro atoms. The van der Waals surface area contributed by atoms with Crippen molar-refractivity contribution in [2.24, 2.45) is 7.05 Å². The molecule has 96 valence electrons. The van der Waals surface area contributed by atoms with Gasteiger partial charge in [0.2, 0.25) is 0 Å². The second-order valence-electron chi connectivity index (χ2n) is 3.61. The van der Waals surface area contributed by atoms with Crippen molar-refractivity contribution in [3.8, 4) is 5.75 Å². The summed E-state index contributed by atoms with van der Waals surface area (Å²) in [5.74, 6) is 1.95. The van der Waals surface area contributed by atoms with Crippen molar-refractivity contribution in [3.05, 3.63) is 38.8 Å². The molecule has 1 aromatic heterocycles. The topological polar surface area (TPSA) is 39.9 Å². The van der Waals surface area contributed by atoms with Gasteiger partial charge in [-0.25, -0.2) is 4.98 Å². The molecule has 18 heavy (non-hydrogen) atoms. The van der Waals surface area contributed by atoms with Crippen LogP contribution in [-0.4, -0.2) is 14.8 Å². The van der Waals surface area contributed by atoms with Crippen LogP contribution < -0.4 is 4.74 Å². The lowest BCUT2D eigenvalue weighted by atomic mass is 10.2. The summed E-state index contributed by atoms with van der Waals surface area (Å²) in [4.78, 5) is 4.10. The summed E-state index contributed by atoms with van der Waals surface area (Å²) in [7, 11) is 1.83. The van der Waals surface area contributed by atoms with Crippen LogP contribution in [0.3, 0.4) is 0 Å². The number of rotatable bonds is 4. The Bertz CT molecular complexity index is 536. The molecule has 0 radical (unpaired) electrons. The first-order chi connectivity index (χ1) is 8.61. The zero-order chi connectivity index (χ0) is 13.1. The van der Waals surface area contributed by atoms with Crippen LogP contribution in [0.15, 0.2) is 27.4 Å². The van der Waals surface area contributed by atoms with Gasteiger partial charge in [-0.15, -0.1) is 11.6 Å². The first kappa shape index (κ1) is 13.8. The number of hydrogen-bond donors (Lipinski definition) is 0. The van der Waals surface area contributed by atoms with Crippen LogP contribution in [-0.2, 0) is 19.5 Å². The first-order valence-electron chi connectivity index (χ1n) is 5.11. The molecular weight excluding hydrogens is 385 g/mol. The van der Waals surface area contributed by atoms with Gasteiger partial charge in [-0.3, -0.25) is 4.68 Å². The van der Waals surface area contributed by atoms with Gasteiger partial charge in [0.1, 0.15) is 18.7 Å². The zero-order valence-corrected chi connectivity index (χ0v) is 13.5. The van der Waals surface area contributed by atoms with E-state index in [-0.39, 0.29) is 0 Å². The molecule has 1 aromatic carbocycles. The van der Waals surface area contributed by atoms with Crippen molar-refractivity contribution in [1.29, 1.82) is 0 Å². The Balaban J connectivity index is 2.17. The van der Waals surface area contributed by atoms with Crippen molar-refractivity contribution in [2.45, 2.75) is 12.5 Å². The van der Waals surface area contributed by atoms with E-state index < -0.39 is 0 Å². The van der Waals surface area contributed by atoms with Gasteiger partial charge >= 0.3 is 0 Å². The van der Waals surface area contributed by atoms with Gasteiger partial charge in [0.15, 0.2) is 5.82 Å². The standard InChI is InChI=1S/C11H10Br2ClN3O/c1-17-10(15-6-16-17)5-18-11-8(12)2-7(4-14)3-9(11)13/h2-3,6H,4-5H2,1H3. The van der Waals surface area contributed by atoms with Gasteiger partial charge in [0.25, 0.3) is 0 Å². The SMILES string of the molecule is Cn1ncnc1COc1c(Br)cc(CCl)cc1Br. The third-order valence-corrected chi connectivity index (χ3v) is 3.85. The Morgan fingerprint density at radius 3 is 2.50 bits per heavy atom. The van der Waals surface area contributed by atoms with Crippen molar-refractivity contribution < 1.29 is 4.74 Å². The number of aromatic nitrogens is 3. The largest absolute Gasteiger partial charge is 0.483 e. The average Bonchev–Trinajstić information content (AvgIpc) is 2.73. The predicted molar refractivity (Wildman–Crippen MR) is 76.7 cm³/mol. The molecule has 0 aliphatic heterocycles. The first-order valence-corrected chi connectivity index (χ1v) is 7.23. The number of nitrogens with zero attached hydrogens (tertiary/aromatic N) is 3. The van der Waals surface area contributed by atoms with Crippen molar-refractivity contribution in [1.82, 2.24) is 14.8 Å². The van der Waals surface area contributed by atoms with Crippen LogP contribution in [0.4, 0.5) is 0 Å². The monoisotopic (exact) mass is 393 g/mol. The average molecular weight is 395 g/mol. The summed E-state index contributed by atoms with van der Waals surface area (Å²) < 4.78 is 9.12. The highest BCUT2D eigenvalue weighted by Crippen LogP contribution is 2.35. The lowest BCUT2D eigenvalue weighted by Gasteiger charge is -2.11. The van der Waals surface area contributed by atoms with Gasteiger partial charge in [-0.2, -0.15) is 5.10 Å². The van der Waals surface area contributed by atoms with E-state index in [1.54, 1.807) is 4.68 Å². The van der Waals surface area contributed by atoms with Crippen molar-refractivity contribution in [2.75, 3.05) is 0 Å². The molecule has 0 amide bonds. The molecule has 2 aromatic rings. The Labute approximate surface area is 127 Å². The van der Waals surface area contributed by atoms with E-state index in [4.69, 9.17) is 16.3 Å². The fourth-order valence-electron chi connectivity index (χ4n) is 1.41. The van der Waals surface area contributed by atoms with Crippen LogP contribution in [0.5, 0.6) is 5.75 Å². The summed E-state index contributed by atoms with van der Waals surface area (Å²) >= 11 is 12.7. The van der Waals surface area contributed by atoms with Crippen LogP contribution in [0.25, 0.3) is 0 Å². The summed E-state index contributed by atoms with van der Waals surface area (Å²) in [6.07, 6.45) is 1.50. The molecule has 4 nitrogen and oxygen atoms in total. The van der Waals surface area contributed by atoms with Crippen LogP contribution >= 0.6 is 43.5 Å². The molecular formula is C11H10Br2ClN3O. The zero-order valence-electron chi connectivity index (χ0n) is 9.53. The molecule has 0 aliphatic rings. The highest BCUT2D eigenvalue weighted by Gasteiger charge is 2.10. The normalized spacial score (nSPS) is 10.7. The maximum atomic E-state index is 5.80. The molecule has 7 heteroatoms. The second kappa shape index (κ2) is 6.04. The number of ether oxygens (including phenoxy) is 1. The lowest BCUT2D eigenvalue weighted by Crippen LogP contribution is -2.05. The summed E-state index contributed by atoms with van der Waals surface area (Å²) in [6, 6.07) is 3.87. The Kier molecular flexibility index (Phi) is 4.64. The minimum absolute atomic E-state index is 0.355. The second-order valence-corrected chi connectivity index (χ2v) is 5.59. The summed E-state index contributed by atoms with van der Waals surface area (Å²) in [6.45, 7) is 0.355. The van der Waals surface area contributed by atoms with Crippen LogP contribution in [0.1, 0.15) is 11.4 Å².